The maximum Gasteiger partial charge on any atom is 0.241 e. The van der Waals surface area contributed by atoms with Gasteiger partial charge in [0.05, 0.1) is 18.7 Å². The highest BCUT2D eigenvalue weighted by Crippen LogP contribution is 2.24. The lowest BCUT2D eigenvalue weighted by Crippen LogP contribution is -2.47. The molecule has 4 heteroatoms. The number of carbonyl (C=O) groups excluding carboxylic acids is 1. The molecule has 0 saturated carbocycles. The number of fused-ring (bicyclic) bond motifs is 1. The first-order valence-electron chi connectivity index (χ1n) is 6.65. The summed E-state index contributed by atoms with van der Waals surface area (Å²) < 4.78 is 0. The van der Waals surface area contributed by atoms with Gasteiger partial charge in [-0.2, -0.15) is 5.26 Å². The van der Waals surface area contributed by atoms with E-state index < -0.39 is 0 Å². The summed E-state index contributed by atoms with van der Waals surface area (Å²) in [5, 5.41) is 11.9. The van der Waals surface area contributed by atoms with E-state index in [4.69, 9.17) is 5.26 Å². The fourth-order valence-corrected chi connectivity index (χ4v) is 2.55. The minimum absolute atomic E-state index is 0.00565. The standard InChI is InChI=1S/C15H19N3O/c1-11(2)18(10-9-16)14-8-7-12-5-3-4-6-13(12)17-15(14)19/h3-6,11,14H,7-8,10H2,1-2H3,(H,17,19). The molecular formula is C15H19N3O. The predicted octanol–water partition coefficient (Wildman–Crippen LogP) is 2.17. The van der Waals surface area contributed by atoms with Gasteiger partial charge in [-0.05, 0) is 38.3 Å². The van der Waals surface area contributed by atoms with Crippen molar-refractivity contribution in [2.45, 2.75) is 38.8 Å². The van der Waals surface area contributed by atoms with Crippen LogP contribution in [-0.4, -0.2) is 29.4 Å². The molecule has 1 unspecified atom stereocenters. The highest BCUT2D eigenvalue weighted by atomic mass is 16.2. The van der Waals surface area contributed by atoms with Crippen LogP contribution in [-0.2, 0) is 11.2 Å². The van der Waals surface area contributed by atoms with E-state index in [0.29, 0.717) is 0 Å². The normalized spacial score (nSPS) is 18.7. The quantitative estimate of drug-likeness (QED) is 0.844. The molecule has 0 aliphatic carbocycles. The molecule has 1 aromatic rings. The minimum atomic E-state index is -0.230. The molecule has 19 heavy (non-hydrogen) atoms. The van der Waals surface area contributed by atoms with Crippen molar-refractivity contribution in [1.29, 1.82) is 5.26 Å². The number of nitrogens with zero attached hydrogens (tertiary/aromatic N) is 2. The van der Waals surface area contributed by atoms with E-state index in [2.05, 4.69) is 11.4 Å². The third-order valence-electron chi connectivity index (χ3n) is 3.58. The third-order valence-corrected chi connectivity index (χ3v) is 3.58. The molecule has 0 bridgehead atoms. The van der Waals surface area contributed by atoms with E-state index in [1.165, 1.54) is 5.56 Å². The molecule has 1 amide bonds. The van der Waals surface area contributed by atoms with Crippen molar-refractivity contribution in [2.24, 2.45) is 0 Å². The maximum atomic E-state index is 12.3. The van der Waals surface area contributed by atoms with Gasteiger partial charge in [0, 0.05) is 11.7 Å². The highest BCUT2D eigenvalue weighted by Gasteiger charge is 2.30. The van der Waals surface area contributed by atoms with E-state index in [9.17, 15) is 4.79 Å². The first kappa shape index (κ1) is 13.6. The largest absolute Gasteiger partial charge is 0.324 e. The molecule has 1 heterocycles. The zero-order chi connectivity index (χ0) is 13.8. The summed E-state index contributed by atoms with van der Waals surface area (Å²) in [7, 11) is 0. The molecule has 1 aliphatic heterocycles. The van der Waals surface area contributed by atoms with Crippen molar-refractivity contribution >= 4 is 11.6 Å². The molecule has 0 spiro atoms. The minimum Gasteiger partial charge on any atom is -0.324 e. The van der Waals surface area contributed by atoms with Crippen molar-refractivity contribution in [2.75, 3.05) is 11.9 Å². The van der Waals surface area contributed by atoms with Crippen LogP contribution in [0.5, 0.6) is 0 Å². The maximum absolute atomic E-state index is 12.3. The fourth-order valence-electron chi connectivity index (χ4n) is 2.55. The van der Waals surface area contributed by atoms with Crippen LogP contribution in [0.3, 0.4) is 0 Å². The number of amides is 1. The molecule has 1 aromatic carbocycles. The molecule has 0 saturated heterocycles. The lowest BCUT2D eigenvalue weighted by molar-refractivity contribution is -0.121. The van der Waals surface area contributed by atoms with Gasteiger partial charge < -0.3 is 5.32 Å². The second-order valence-electron chi connectivity index (χ2n) is 5.13. The van der Waals surface area contributed by atoms with E-state index >= 15 is 0 Å². The Morgan fingerprint density at radius 2 is 2.21 bits per heavy atom. The number of nitrogens with one attached hydrogen (secondary N) is 1. The Morgan fingerprint density at radius 3 is 2.89 bits per heavy atom. The first-order valence-corrected chi connectivity index (χ1v) is 6.65. The molecule has 0 fully saturated rings. The van der Waals surface area contributed by atoms with Crippen LogP contribution in [0.15, 0.2) is 24.3 Å². The summed E-state index contributed by atoms with van der Waals surface area (Å²) in [5.74, 6) is -0.00565. The predicted molar refractivity (Wildman–Crippen MR) is 74.6 cm³/mol. The monoisotopic (exact) mass is 257 g/mol. The van der Waals surface area contributed by atoms with Crippen LogP contribution in [0, 0.1) is 11.3 Å². The number of hydrogen-bond donors (Lipinski definition) is 1. The third kappa shape index (κ3) is 2.94. The van der Waals surface area contributed by atoms with Gasteiger partial charge in [0.25, 0.3) is 0 Å². The molecular weight excluding hydrogens is 238 g/mol. The van der Waals surface area contributed by atoms with Crippen LogP contribution in [0.25, 0.3) is 0 Å². The Balaban J connectivity index is 2.22. The zero-order valence-electron chi connectivity index (χ0n) is 11.4. The molecule has 2 rings (SSSR count). The lowest BCUT2D eigenvalue weighted by atomic mass is 10.0. The number of para-hydroxylation sites is 1. The number of carbonyl (C=O) groups is 1. The van der Waals surface area contributed by atoms with Crippen LogP contribution < -0.4 is 5.32 Å². The van der Waals surface area contributed by atoms with E-state index in [1.54, 1.807) is 0 Å². The molecule has 1 aliphatic rings. The lowest BCUT2D eigenvalue weighted by Gasteiger charge is -2.30. The Morgan fingerprint density at radius 1 is 1.47 bits per heavy atom. The number of hydrogen-bond acceptors (Lipinski definition) is 3. The number of aryl methyl sites for hydroxylation is 1. The zero-order valence-corrected chi connectivity index (χ0v) is 11.4. The summed E-state index contributed by atoms with van der Waals surface area (Å²) >= 11 is 0. The molecule has 0 radical (unpaired) electrons. The van der Waals surface area contributed by atoms with Gasteiger partial charge in [0.15, 0.2) is 0 Å². The second kappa shape index (κ2) is 5.85. The van der Waals surface area contributed by atoms with Crippen molar-refractivity contribution in [1.82, 2.24) is 4.90 Å². The highest BCUT2D eigenvalue weighted by molar-refractivity contribution is 5.96. The topological polar surface area (TPSA) is 56.1 Å². The molecule has 0 aromatic heterocycles. The van der Waals surface area contributed by atoms with Crippen LogP contribution in [0.1, 0.15) is 25.8 Å². The van der Waals surface area contributed by atoms with E-state index in [0.717, 1.165) is 18.5 Å². The van der Waals surface area contributed by atoms with Crippen molar-refractivity contribution in [3.8, 4) is 6.07 Å². The molecule has 1 N–H and O–H groups in total. The van der Waals surface area contributed by atoms with Gasteiger partial charge in [-0.25, -0.2) is 0 Å². The summed E-state index contributed by atoms with van der Waals surface area (Å²) in [6, 6.07) is 9.99. The van der Waals surface area contributed by atoms with Gasteiger partial charge >= 0.3 is 0 Å². The molecule has 100 valence electrons. The van der Waals surface area contributed by atoms with Gasteiger partial charge in [0.2, 0.25) is 5.91 Å². The number of rotatable bonds is 3. The van der Waals surface area contributed by atoms with Crippen molar-refractivity contribution in [3.63, 3.8) is 0 Å². The average molecular weight is 257 g/mol. The van der Waals surface area contributed by atoms with Crippen LogP contribution in [0.2, 0.25) is 0 Å². The van der Waals surface area contributed by atoms with Gasteiger partial charge in [0.1, 0.15) is 0 Å². The van der Waals surface area contributed by atoms with Gasteiger partial charge in [-0.15, -0.1) is 0 Å². The number of benzene rings is 1. The van der Waals surface area contributed by atoms with E-state index in [-0.39, 0.29) is 24.5 Å². The summed E-state index contributed by atoms with van der Waals surface area (Å²) in [6.07, 6.45) is 1.61. The Bertz CT molecular complexity index is 504. The smallest absolute Gasteiger partial charge is 0.241 e. The van der Waals surface area contributed by atoms with Crippen molar-refractivity contribution in [3.05, 3.63) is 29.8 Å². The van der Waals surface area contributed by atoms with Gasteiger partial charge in [-0.3, -0.25) is 9.69 Å². The Kier molecular flexibility index (Phi) is 4.18. The number of nitriles is 1. The average Bonchev–Trinajstić information content (AvgIpc) is 2.54. The first-order chi connectivity index (χ1) is 9.13. The Hall–Kier alpha value is -1.86. The van der Waals surface area contributed by atoms with Crippen LogP contribution >= 0.6 is 0 Å². The second-order valence-corrected chi connectivity index (χ2v) is 5.13. The number of anilines is 1. The SMILES string of the molecule is CC(C)N(CC#N)C1CCc2ccccc2NC1=O. The Labute approximate surface area is 114 Å². The fraction of sp³-hybridized carbons (Fsp3) is 0.467. The van der Waals surface area contributed by atoms with Crippen LogP contribution in [0.4, 0.5) is 5.69 Å². The van der Waals surface area contributed by atoms with Gasteiger partial charge in [-0.1, -0.05) is 18.2 Å². The van der Waals surface area contributed by atoms with E-state index in [1.807, 2.05) is 43.0 Å². The summed E-state index contributed by atoms with van der Waals surface area (Å²) in [5.41, 5.74) is 2.06. The summed E-state index contributed by atoms with van der Waals surface area (Å²) in [6.45, 7) is 4.32. The van der Waals surface area contributed by atoms with Crippen molar-refractivity contribution < 1.29 is 4.79 Å². The molecule has 4 nitrogen and oxygen atoms in total. The molecule has 1 atom stereocenters. The summed E-state index contributed by atoms with van der Waals surface area (Å²) in [4.78, 5) is 14.3.